The van der Waals surface area contributed by atoms with Gasteiger partial charge in [0, 0.05) is 39.0 Å². The van der Waals surface area contributed by atoms with Crippen molar-refractivity contribution in [3.05, 3.63) is 62.9 Å². The molecular weight excluding hydrogens is 509 g/mol. The van der Waals surface area contributed by atoms with Gasteiger partial charge in [-0.15, -0.1) is 0 Å². The predicted octanol–water partition coefficient (Wildman–Crippen LogP) is 2.61. The summed E-state index contributed by atoms with van der Waals surface area (Å²) in [4.78, 5) is 48.1. The van der Waals surface area contributed by atoms with Crippen LogP contribution in [0.2, 0.25) is 10.0 Å². The number of nitrogens with zero attached hydrogens (tertiary/aromatic N) is 5. The van der Waals surface area contributed by atoms with Gasteiger partial charge in [0.25, 0.3) is 11.5 Å². The number of nitrogens with two attached hydrogens (primary N) is 1. The summed E-state index contributed by atoms with van der Waals surface area (Å²) in [6.07, 6.45) is 4.32. The highest BCUT2D eigenvalue weighted by Gasteiger charge is 2.21. The molecule has 11 nitrogen and oxygen atoms in total. The molecule has 1 aromatic carbocycles. The van der Waals surface area contributed by atoms with Crippen LogP contribution in [-0.4, -0.2) is 50.1 Å². The molecule has 4 rings (SSSR count). The summed E-state index contributed by atoms with van der Waals surface area (Å²) in [7, 11) is 5.15. The average Bonchev–Trinajstić information content (AvgIpc) is 3.17. The zero-order valence-electron chi connectivity index (χ0n) is 19.4. The third kappa shape index (κ3) is 4.58. The van der Waals surface area contributed by atoms with Crippen molar-refractivity contribution in [2.45, 2.75) is 6.54 Å². The lowest BCUT2D eigenvalue weighted by atomic mass is 10.0. The maximum absolute atomic E-state index is 13.0. The van der Waals surface area contributed by atoms with E-state index in [0.29, 0.717) is 22.6 Å². The number of nitrogens with one attached hydrogen (secondary N) is 1. The summed E-state index contributed by atoms with van der Waals surface area (Å²) in [5.41, 5.74) is 6.09. The van der Waals surface area contributed by atoms with E-state index in [2.05, 4.69) is 15.3 Å². The van der Waals surface area contributed by atoms with Gasteiger partial charge in [-0.05, 0) is 17.7 Å². The first-order chi connectivity index (χ1) is 17.0. The smallest absolute Gasteiger partial charge is 0.263 e. The van der Waals surface area contributed by atoms with Gasteiger partial charge in [0.2, 0.25) is 5.91 Å². The van der Waals surface area contributed by atoms with Crippen LogP contribution < -0.4 is 21.5 Å². The average molecular weight is 530 g/mol. The van der Waals surface area contributed by atoms with Gasteiger partial charge < -0.3 is 30.2 Å². The predicted molar refractivity (Wildman–Crippen MR) is 138 cm³/mol. The summed E-state index contributed by atoms with van der Waals surface area (Å²) in [6, 6.07) is 4.36. The minimum Gasteiger partial charge on any atom is -0.506 e. The second-order valence-electron chi connectivity index (χ2n) is 8.21. The Labute approximate surface area is 214 Å². The van der Waals surface area contributed by atoms with Gasteiger partial charge in [-0.3, -0.25) is 14.4 Å². The summed E-state index contributed by atoms with van der Waals surface area (Å²) in [5, 5.41) is 13.2. The summed E-state index contributed by atoms with van der Waals surface area (Å²) in [6.45, 7) is -0.207. The summed E-state index contributed by atoms with van der Waals surface area (Å²) < 4.78 is 2.78. The molecule has 4 aromatic rings. The first-order valence-corrected chi connectivity index (χ1v) is 11.2. The van der Waals surface area contributed by atoms with Crippen LogP contribution in [0.1, 0.15) is 10.4 Å². The van der Waals surface area contributed by atoms with Crippen molar-refractivity contribution in [1.82, 2.24) is 19.1 Å². The van der Waals surface area contributed by atoms with Gasteiger partial charge in [0.1, 0.15) is 23.8 Å². The highest BCUT2D eigenvalue weighted by molar-refractivity contribution is 6.34. The number of pyridine rings is 1. The topological polar surface area (TPSA) is 148 Å². The minimum absolute atomic E-state index is 0.121. The number of amides is 2. The van der Waals surface area contributed by atoms with Crippen molar-refractivity contribution in [2.24, 2.45) is 12.8 Å². The van der Waals surface area contributed by atoms with Crippen molar-refractivity contribution >= 4 is 57.6 Å². The monoisotopic (exact) mass is 529 g/mol. The lowest BCUT2D eigenvalue weighted by Crippen LogP contribution is -2.21. The third-order valence-electron chi connectivity index (χ3n) is 5.46. The van der Waals surface area contributed by atoms with Gasteiger partial charge in [-0.25, -0.2) is 9.97 Å². The molecule has 186 valence electrons. The molecule has 3 heterocycles. The number of fused-ring (bicyclic) bond motifs is 1. The molecule has 0 aliphatic carbocycles. The Hall–Kier alpha value is -4.09. The van der Waals surface area contributed by atoms with Gasteiger partial charge in [0.15, 0.2) is 0 Å². The van der Waals surface area contributed by atoms with E-state index in [1.165, 1.54) is 40.8 Å². The molecule has 36 heavy (non-hydrogen) atoms. The molecule has 13 heteroatoms. The van der Waals surface area contributed by atoms with Crippen LogP contribution in [0.4, 0.5) is 11.5 Å². The highest BCUT2D eigenvalue weighted by atomic mass is 35.5. The molecule has 0 aliphatic rings. The largest absolute Gasteiger partial charge is 0.506 e. The molecular formula is C23H21Cl2N7O4. The third-order valence-corrected chi connectivity index (χ3v) is 6.05. The molecule has 0 fully saturated rings. The molecule has 0 unspecified atom stereocenters. The fraction of sp³-hybridized carbons (Fsp3) is 0.174. The molecule has 0 aliphatic heterocycles. The number of carbonyl (C=O) groups excluding carboxylic acids is 2. The number of anilines is 2. The van der Waals surface area contributed by atoms with Crippen LogP contribution in [0, 0.1) is 0 Å². The Balaban J connectivity index is 1.79. The molecule has 0 spiro atoms. The van der Waals surface area contributed by atoms with E-state index in [1.54, 1.807) is 31.3 Å². The molecule has 0 saturated carbocycles. The maximum Gasteiger partial charge on any atom is 0.263 e. The van der Waals surface area contributed by atoms with Crippen LogP contribution in [-0.2, 0) is 18.4 Å². The molecule has 0 radical (unpaired) electrons. The first-order valence-electron chi connectivity index (χ1n) is 10.5. The van der Waals surface area contributed by atoms with Crippen molar-refractivity contribution in [3.63, 3.8) is 0 Å². The fourth-order valence-corrected chi connectivity index (χ4v) is 4.03. The van der Waals surface area contributed by atoms with Crippen LogP contribution in [0.3, 0.4) is 0 Å². The number of primary amides is 1. The Morgan fingerprint density at radius 3 is 2.56 bits per heavy atom. The summed E-state index contributed by atoms with van der Waals surface area (Å²) >= 11 is 12.3. The van der Waals surface area contributed by atoms with Gasteiger partial charge >= 0.3 is 0 Å². The van der Waals surface area contributed by atoms with E-state index in [4.69, 9.17) is 28.9 Å². The van der Waals surface area contributed by atoms with Crippen molar-refractivity contribution < 1.29 is 14.7 Å². The number of benzene rings is 1. The number of hydrogen-bond donors (Lipinski definition) is 3. The van der Waals surface area contributed by atoms with E-state index in [1.807, 2.05) is 0 Å². The molecule has 4 N–H and O–H groups in total. The quantitative estimate of drug-likeness (QED) is 0.347. The van der Waals surface area contributed by atoms with Crippen molar-refractivity contribution in [3.8, 4) is 16.9 Å². The lowest BCUT2D eigenvalue weighted by molar-refractivity contribution is -0.116. The molecule has 0 bridgehead atoms. The van der Waals surface area contributed by atoms with Crippen LogP contribution in [0.15, 0.2) is 41.7 Å². The standard InChI is InChI=1S/C23H21Cl2N7O4/c1-30(2)17-6-16(15(25)7-27-17)29-18(33)9-32-8-13(19-22(32)28-10-31(3)23(19)36)11-4-12(21(26)35)20(34)14(24)5-11/h4-8,10,34H,9H2,1-3H3,(H2,26,35)(H,27,29,33). The second kappa shape index (κ2) is 9.51. The minimum atomic E-state index is -0.892. The van der Waals surface area contributed by atoms with E-state index in [-0.39, 0.29) is 38.7 Å². The van der Waals surface area contributed by atoms with E-state index in [9.17, 15) is 19.5 Å². The highest BCUT2D eigenvalue weighted by Crippen LogP contribution is 2.36. The number of aromatic nitrogens is 4. The summed E-state index contributed by atoms with van der Waals surface area (Å²) in [5.74, 6) is -1.19. The normalized spacial score (nSPS) is 11.0. The van der Waals surface area contributed by atoms with Crippen molar-refractivity contribution in [1.29, 1.82) is 0 Å². The fourth-order valence-electron chi connectivity index (χ4n) is 3.66. The number of hydrogen-bond acceptors (Lipinski definition) is 7. The maximum atomic E-state index is 13.0. The number of rotatable bonds is 6. The van der Waals surface area contributed by atoms with Crippen molar-refractivity contribution in [2.75, 3.05) is 24.3 Å². The van der Waals surface area contributed by atoms with E-state index in [0.717, 1.165) is 0 Å². The number of phenols is 1. The number of aromatic hydroxyl groups is 1. The lowest BCUT2D eigenvalue weighted by Gasteiger charge is -2.14. The van der Waals surface area contributed by atoms with Gasteiger partial charge in [-0.1, -0.05) is 23.2 Å². The molecule has 2 amide bonds. The SMILES string of the molecule is CN(C)c1cc(NC(=O)Cn2cc(-c3cc(Cl)c(O)c(C(N)=O)c3)c3c(=O)n(C)cnc32)c(Cl)cn1. The first kappa shape index (κ1) is 25.0. The Kier molecular flexibility index (Phi) is 6.61. The Bertz CT molecular complexity index is 1590. The molecule has 3 aromatic heterocycles. The van der Waals surface area contributed by atoms with Crippen LogP contribution in [0.5, 0.6) is 5.75 Å². The zero-order valence-corrected chi connectivity index (χ0v) is 20.9. The molecule has 0 saturated heterocycles. The Morgan fingerprint density at radius 2 is 1.89 bits per heavy atom. The number of halogens is 2. The number of aryl methyl sites for hydroxylation is 1. The second-order valence-corrected chi connectivity index (χ2v) is 9.03. The zero-order chi connectivity index (χ0) is 26.3. The van der Waals surface area contributed by atoms with E-state index < -0.39 is 17.6 Å². The molecule has 0 atom stereocenters. The van der Waals surface area contributed by atoms with Crippen LogP contribution in [0.25, 0.3) is 22.2 Å². The van der Waals surface area contributed by atoms with Gasteiger partial charge in [-0.2, -0.15) is 0 Å². The van der Waals surface area contributed by atoms with E-state index >= 15 is 0 Å². The number of carbonyl (C=O) groups is 2. The Morgan fingerprint density at radius 1 is 1.17 bits per heavy atom. The van der Waals surface area contributed by atoms with Crippen LogP contribution >= 0.6 is 23.2 Å². The van der Waals surface area contributed by atoms with Gasteiger partial charge in [0.05, 0.1) is 39.2 Å².